The Kier molecular flexibility index (Phi) is 2.57. The van der Waals surface area contributed by atoms with Gasteiger partial charge in [0, 0.05) is 12.4 Å². The number of aryl methyl sites for hydroxylation is 1. The summed E-state index contributed by atoms with van der Waals surface area (Å²) in [6.45, 7) is 1.98. The molecule has 0 spiro atoms. The number of pyridine rings is 2. The summed E-state index contributed by atoms with van der Waals surface area (Å²) in [5, 5.41) is 7.94. The zero-order valence-corrected chi connectivity index (χ0v) is 9.74. The average Bonchev–Trinajstić information content (AvgIpc) is 2.90. The molecule has 0 aliphatic heterocycles. The predicted molar refractivity (Wildman–Crippen MR) is 65.5 cm³/mol. The molecule has 0 radical (unpaired) electrons. The molecule has 0 aliphatic carbocycles. The molecule has 0 aliphatic rings. The Morgan fingerprint density at radius 1 is 0.889 bits per heavy atom. The summed E-state index contributed by atoms with van der Waals surface area (Å²) in [7, 11) is 0. The Morgan fingerprint density at radius 3 is 2.28 bits per heavy atom. The minimum absolute atomic E-state index is 0.396. The van der Waals surface area contributed by atoms with E-state index in [1.165, 1.54) is 0 Å². The summed E-state index contributed by atoms with van der Waals surface area (Å²) in [6.07, 6.45) is 3.45. The van der Waals surface area contributed by atoms with E-state index in [2.05, 4.69) is 20.2 Å². The van der Waals surface area contributed by atoms with Gasteiger partial charge in [0.15, 0.2) is 0 Å². The van der Waals surface area contributed by atoms with Gasteiger partial charge in [-0.2, -0.15) is 0 Å². The van der Waals surface area contributed by atoms with Crippen molar-refractivity contribution in [2.24, 2.45) is 0 Å². The second-order valence-electron chi connectivity index (χ2n) is 3.85. The molecule has 3 rings (SSSR count). The Labute approximate surface area is 104 Å². The van der Waals surface area contributed by atoms with Crippen molar-refractivity contribution in [3.8, 4) is 23.2 Å². The topological polar surface area (TPSA) is 64.7 Å². The maximum atomic E-state index is 5.55. The van der Waals surface area contributed by atoms with Gasteiger partial charge in [-0.15, -0.1) is 10.2 Å². The Balaban J connectivity index is 1.97. The van der Waals surface area contributed by atoms with Crippen LogP contribution in [0.4, 0.5) is 0 Å². The highest BCUT2D eigenvalue weighted by Gasteiger charge is 2.11. The maximum Gasteiger partial charge on any atom is 0.266 e. The molecule has 0 aromatic carbocycles. The van der Waals surface area contributed by atoms with Gasteiger partial charge in [-0.1, -0.05) is 12.1 Å². The van der Waals surface area contributed by atoms with Gasteiger partial charge in [-0.25, -0.2) is 0 Å². The molecule has 0 fully saturated rings. The minimum Gasteiger partial charge on any atom is -0.413 e. The fraction of sp³-hybridized carbons (Fsp3) is 0.0769. The van der Waals surface area contributed by atoms with Gasteiger partial charge in [0.2, 0.25) is 0 Å². The molecule has 18 heavy (non-hydrogen) atoms. The second-order valence-corrected chi connectivity index (χ2v) is 3.85. The van der Waals surface area contributed by atoms with E-state index in [-0.39, 0.29) is 0 Å². The van der Waals surface area contributed by atoms with Crippen molar-refractivity contribution in [1.82, 2.24) is 20.2 Å². The highest BCUT2D eigenvalue weighted by atomic mass is 16.4. The van der Waals surface area contributed by atoms with Crippen molar-refractivity contribution in [2.45, 2.75) is 6.92 Å². The first-order chi connectivity index (χ1) is 8.83. The summed E-state index contributed by atoms with van der Waals surface area (Å²) in [5.74, 6) is 0.795. The molecule has 0 saturated heterocycles. The van der Waals surface area contributed by atoms with Crippen LogP contribution in [-0.4, -0.2) is 20.2 Å². The van der Waals surface area contributed by atoms with Gasteiger partial charge < -0.3 is 4.42 Å². The van der Waals surface area contributed by atoms with E-state index < -0.39 is 0 Å². The van der Waals surface area contributed by atoms with Gasteiger partial charge in [0.05, 0.1) is 0 Å². The van der Waals surface area contributed by atoms with Crippen LogP contribution >= 0.6 is 0 Å². The lowest BCUT2D eigenvalue weighted by Gasteiger charge is -1.94. The van der Waals surface area contributed by atoms with Crippen molar-refractivity contribution in [3.63, 3.8) is 0 Å². The Bertz CT molecular complexity index is 646. The van der Waals surface area contributed by atoms with Crippen LogP contribution in [0.2, 0.25) is 0 Å². The molecule has 3 aromatic rings. The van der Waals surface area contributed by atoms with Crippen LogP contribution in [0.15, 0.2) is 47.1 Å². The largest absolute Gasteiger partial charge is 0.413 e. The van der Waals surface area contributed by atoms with Gasteiger partial charge in [-0.05, 0) is 30.7 Å². The fourth-order valence-corrected chi connectivity index (χ4v) is 1.51. The minimum atomic E-state index is 0.396. The second kappa shape index (κ2) is 4.37. The van der Waals surface area contributed by atoms with Crippen LogP contribution in [0.1, 0.15) is 5.56 Å². The lowest BCUT2D eigenvalue weighted by molar-refractivity contribution is 0.579. The van der Waals surface area contributed by atoms with Gasteiger partial charge in [0.1, 0.15) is 11.4 Å². The molecule has 3 heterocycles. The van der Waals surface area contributed by atoms with E-state index in [1.807, 2.05) is 37.3 Å². The Morgan fingerprint density at radius 2 is 1.67 bits per heavy atom. The predicted octanol–water partition coefficient (Wildman–Crippen LogP) is 2.50. The normalized spacial score (nSPS) is 10.5. The van der Waals surface area contributed by atoms with Crippen LogP contribution < -0.4 is 0 Å². The molecule has 3 aromatic heterocycles. The van der Waals surface area contributed by atoms with Crippen molar-refractivity contribution in [1.29, 1.82) is 0 Å². The smallest absolute Gasteiger partial charge is 0.266 e. The molecule has 5 nitrogen and oxygen atoms in total. The summed E-state index contributed by atoms with van der Waals surface area (Å²) >= 11 is 0. The molecule has 0 bridgehead atoms. The first-order valence-corrected chi connectivity index (χ1v) is 5.51. The third kappa shape index (κ3) is 1.98. The van der Waals surface area contributed by atoms with Gasteiger partial charge >= 0.3 is 0 Å². The molecule has 0 saturated carbocycles. The highest BCUT2D eigenvalue weighted by molar-refractivity contribution is 5.51. The zero-order valence-electron chi connectivity index (χ0n) is 9.74. The lowest BCUT2D eigenvalue weighted by Crippen LogP contribution is -1.83. The number of hydrogen-bond donors (Lipinski definition) is 0. The monoisotopic (exact) mass is 238 g/mol. The van der Waals surface area contributed by atoms with E-state index in [0.717, 1.165) is 5.56 Å². The zero-order chi connectivity index (χ0) is 12.4. The SMILES string of the molecule is Cc1ccc(-c2nnc(-c3ccccn3)o2)nc1. The van der Waals surface area contributed by atoms with Crippen molar-refractivity contribution in [2.75, 3.05) is 0 Å². The van der Waals surface area contributed by atoms with Crippen molar-refractivity contribution < 1.29 is 4.42 Å². The Hall–Kier alpha value is -2.56. The molecular formula is C13H10N4O. The molecule has 5 heteroatoms. The third-order valence-electron chi connectivity index (χ3n) is 2.44. The van der Waals surface area contributed by atoms with Crippen LogP contribution in [0.5, 0.6) is 0 Å². The number of rotatable bonds is 2. The standard InChI is InChI=1S/C13H10N4O/c1-9-5-6-11(15-8-9)13-17-16-12(18-13)10-4-2-3-7-14-10/h2-8H,1H3. The van der Waals surface area contributed by atoms with Gasteiger partial charge in [-0.3, -0.25) is 9.97 Å². The van der Waals surface area contributed by atoms with E-state index in [9.17, 15) is 0 Å². The third-order valence-corrected chi connectivity index (χ3v) is 2.44. The van der Waals surface area contributed by atoms with E-state index >= 15 is 0 Å². The lowest BCUT2D eigenvalue weighted by atomic mass is 10.3. The molecule has 88 valence electrons. The summed E-state index contributed by atoms with van der Waals surface area (Å²) < 4.78 is 5.55. The van der Waals surface area contributed by atoms with E-state index in [0.29, 0.717) is 23.2 Å². The maximum absolute atomic E-state index is 5.55. The summed E-state index contributed by atoms with van der Waals surface area (Å²) in [6, 6.07) is 9.33. The van der Waals surface area contributed by atoms with Crippen LogP contribution in [0, 0.1) is 6.92 Å². The molecule has 0 N–H and O–H groups in total. The fourth-order valence-electron chi connectivity index (χ4n) is 1.51. The van der Waals surface area contributed by atoms with Crippen LogP contribution in [0.3, 0.4) is 0 Å². The molecular weight excluding hydrogens is 228 g/mol. The first-order valence-electron chi connectivity index (χ1n) is 5.51. The number of hydrogen-bond acceptors (Lipinski definition) is 5. The highest BCUT2D eigenvalue weighted by Crippen LogP contribution is 2.20. The number of aromatic nitrogens is 4. The summed E-state index contributed by atoms with van der Waals surface area (Å²) in [4.78, 5) is 8.39. The van der Waals surface area contributed by atoms with Gasteiger partial charge in [0.25, 0.3) is 11.8 Å². The summed E-state index contributed by atoms with van der Waals surface area (Å²) in [5.41, 5.74) is 2.40. The quantitative estimate of drug-likeness (QED) is 0.686. The van der Waals surface area contributed by atoms with Crippen molar-refractivity contribution in [3.05, 3.63) is 48.3 Å². The average molecular weight is 238 g/mol. The van der Waals surface area contributed by atoms with Crippen LogP contribution in [-0.2, 0) is 0 Å². The molecule has 0 unspecified atom stereocenters. The number of nitrogens with zero attached hydrogens (tertiary/aromatic N) is 4. The molecule has 0 amide bonds. The van der Waals surface area contributed by atoms with E-state index in [4.69, 9.17) is 4.42 Å². The molecule has 0 atom stereocenters. The van der Waals surface area contributed by atoms with Crippen molar-refractivity contribution >= 4 is 0 Å². The first kappa shape index (κ1) is 10.6. The van der Waals surface area contributed by atoms with Crippen LogP contribution in [0.25, 0.3) is 23.2 Å². The van der Waals surface area contributed by atoms with E-state index in [1.54, 1.807) is 12.4 Å².